The average Bonchev–Trinajstić information content (AvgIpc) is 3.42. The number of fused-ring (bicyclic) bond motifs is 5. The Morgan fingerprint density at radius 3 is 1.62 bits per heavy atom. The smallest absolute Gasteiger partial charge is 0.0709 e. The number of nitrogens with zero attached hydrogens (tertiary/aromatic N) is 3. The molecule has 0 saturated heterocycles. The molecule has 0 radical (unpaired) electrons. The molecule has 3 aromatic heterocycles. The highest BCUT2D eigenvalue weighted by Gasteiger charge is 2.49. The van der Waals surface area contributed by atoms with Crippen LogP contribution in [0.2, 0.25) is 0 Å². The third-order valence-corrected chi connectivity index (χ3v) is 9.36. The van der Waals surface area contributed by atoms with Gasteiger partial charge in [-0.05, 0) is 87.5 Å². The van der Waals surface area contributed by atoms with Crippen LogP contribution in [-0.4, -0.2) is 15.0 Å². The minimum absolute atomic E-state index is 0.102. The molecule has 0 fully saturated rings. The van der Waals surface area contributed by atoms with Crippen molar-refractivity contribution < 1.29 is 0 Å². The van der Waals surface area contributed by atoms with E-state index >= 15 is 0 Å². The number of aromatic nitrogens is 3. The van der Waals surface area contributed by atoms with E-state index in [1.54, 1.807) is 0 Å². The summed E-state index contributed by atoms with van der Waals surface area (Å²) >= 11 is 0. The third kappa shape index (κ3) is 3.56. The molecule has 42 heavy (non-hydrogen) atoms. The predicted octanol–water partition coefficient (Wildman–Crippen LogP) is 9.52. The van der Waals surface area contributed by atoms with Crippen LogP contribution >= 0.6 is 0 Å². The molecule has 3 nitrogen and oxygen atoms in total. The second-order valence-corrected chi connectivity index (χ2v) is 12.6. The van der Waals surface area contributed by atoms with E-state index in [-0.39, 0.29) is 10.8 Å². The Morgan fingerprint density at radius 1 is 0.476 bits per heavy atom. The lowest BCUT2D eigenvalue weighted by Gasteiger charge is -2.28. The number of hydrogen-bond donors (Lipinski definition) is 0. The summed E-state index contributed by atoms with van der Waals surface area (Å²) in [7, 11) is 0. The Hall–Kier alpha value is -4.89. The molecule has 0 bridgehead atoms. The summed E-state index contributed by atoms with van der Waals surface area (Å²) in [5, 5.41) is 1.13. The fraction of sp³-hybridized carbons (Fsp3) is 0.154. The maximum absolute atomic E-state index is 4.87. The fourth-order valence-corrected chi connectivity index (χ4v) is 7.24. The van der Waals surface area contributed by atoms with Crippen molar-refractivity contribution >= 4 is 22.0 Å². The minimum Gasteiger partial charge on any atom is -0.256 e. The van der Waals surface area contributed by atoms with Gasteiger partial charge in [-0.3, -0.25) is 15.0 Å². The van der Waals surface area contributed by atoms with Gasteiger partial charge < -0.3 is 0 Å². The largest absolute Gasteiger partial charge is 0.256 e. The molecule has 202 valence electrons. The minimum atomic E-state index is -0.114. The van der Waals surface area contributed by atoms with Gasteiger partial charge in [0.05, 0.1) is 16.9 Å². The highest BCUT2D eigenvalue weighted by Crippen LogP contribution is 2.63. The Kier molecular flexibility index (Phi) is 5.21. The standard InChI is InChI=1S/C39H31N3/c1-38(2)31-20-24(28-19-25-11-12-27(22-35(25)42-23-28)34-10-6-8-18-41-34)13-15-29(31)36-37(38)30-16-14-26(21-32(30)39(36,3)4)33-9-5-7-17-40-33/h5-23H,1-4H3. The van der Waals surface area contributed by atoms with Crippen LogP contribution in [0, 0.1) is 0 Å². The number of rotatable bonds is 3. The molecule has 3 aromatic carbocycles. The molecule has 2 aliphatic rings. The molecule has 6 aromatic rings. The van der Waals surface area contributed by atoms with E-state index in [1.807, 2.05) is 42.9 Å². The van der Waals surface area contributed by atoms with E-state index in [1.165, 1.54) is 44.5 Å². The van der Waals surface area contributed by atoms with E-state index in [9.17, 15) is 0 Å². The van der Waals surface area contributed by atoms with Crippen LogP contribution in [0.3, 0.4) is 0 Å². The molecular formula is C39H31N3. The molecule has 0 aliphatic heterocycles. The SMILES string of the molecule is CC1(C)C2=C(c3ccc(-c4cnc5cc(-c6ccccn6)ccc5c4)cc31)C(C)(C)c1cc(-c3ccccn3)ccc12. The molecule has 0 saturated carbocycles. The Balaban J connectivity index is 1.18. The highest BCUT2D eigenvalue weighted by molar-refractivity contribution is 6.10. The predicted molar refractivity (Wildman–Crippen MR) is 173 cm³/mol. The zero-order chi connectivity index (χ0) is 28.6. The molecule has 0 atom stereocenters. The van der Waals surface area contributed by atoms with E-state index in [0.29, 0.717) is 0 Å². The lowest BCUT2D eigenvalue weighted by atomic mass is 9.75. The molecule has 2 aliphatic carbocycles. The number of pyridine rings is 3. The van der Waals surface area contributed by atoms with E-state index in [4.69, 9.17) is 4.98 Å². The highest BCUT2D eigenvalue weighted by atomic mass is 14.7. The molecule has 3 heteroatoms. The third-order valence-electron chi connectivity index (χ3n) is 9.36. The zero-order valence-electron chi connectivity index (χ0n) is 24.3. The Labute approximate surface area is 246 Å². The van der Waals surface area contributed by atoms with E-state index in [0.717, 1.165) is 33.4 Å². The summed E-state index contributed by atoms with van der Waals surface area (Å²) in [5.74, 6) is 0. The molecule has 0 spiro atoms. The normalized spacial score (nSPS) is 15.9. The molecular weight excluding hydrogens is 510 g/mol. The monoisotopic (exact) mass is 541 g/mol. The van der Waals surface area contributed by atoms with Crippen molar-refractivity contribution in [3.63, 3.8) is 0 Å². The van der Waals surface area contributed by atoms with Gasteiger partial charge in [0.1, 0.15) is 0 Å². The van der Waals surface area contributed by atoms with Crippen LogP contribution in [0.15, 0.2) is 116 Å². The molecule has 3 heterocycles. The number of allylic oxidation sites excluding steroid dienone is 2. The number of hydrogen-bond acceptors (Lipinski definition) is 3. The Morgan fingerprint density at radius 2 is 1.02 bits per heavy atom. The maximum Gasteiger partial charge on any atom is 0.0709 e. The van der Waals surface area contributed by atoms with Crippen molar-refractivity contribution in [2.75, 3.05) is 0 Å². The van der Waals surface area contributed by atoms with Crippen LogP contribution in [-0.2, 0) is 10.8 Å². The van der Waals surface area contributed by atoms with Gasteiger partial charge in [-0.15, -0.1) is 0 Å². The van der Waals surface area contributed by atoms with Crippen LogP contribution in [0.1, 0.15) is 49.9 Å². The van der Waals surface area contributed by atoms with Gasteiger partial charge in [0.25, 0.3) is 0 Å². The van der Waals surface area contributed by atoms with Crippen LogP contribution in [0.4, 0.5) is 0 Å². The van der Waals surface area contributed by atoms with Gasteiger partial charge >= 0.3 is 0 Å². The maximum atomic E-state index is 4.87. The van der Waals surface area contributed by atoms with Gasteiger partial charge in [0.2, 0.25) is 0 Å². The van der Waals surface area contributed by atoms with Crippen LogP contribution in [0.5, 0.6) is 0 Å². The van der Waals surface area contributed by atoms with Crippen molar-refractivity contribution in [2.24, 2.45) is 0 Å². The Bertz CT molecular complexity index is 2070. The first-order valence-corrected chi connectivity index (χ1v) is 14.6. The second kappa shape index (κ2) is 8.80. The first kappa shape index (κ1) is 24.9. The zero-order valence-corrected chi connectivity index (χ0v) is 24.3. The summed E-state index contributed by atoms with van der Waals surface area (Å²) in [6.45, 7) is 9.52. The fourth-order valence-electron chi connectivity index (χ4n) is 7.24. The summed E-state index contributed by atoms with van der Waals surface area (Å²) in [6.07, 6.45) is 5.70. The topological polar surface area (TPSA) is 38.7 Å². The van der Waals surface area contributed by atoms with E-state index in [2.05, 4.69) is 110 Å². The van der Waals surface area contributed by atoms with Crippen molar-refractivity contribution in [3.8, 4) is 33.6 Å². The summed E-state index contributed by atoms with van der Waals surface area (Å²) in [5.41, 5.74) is 15.8. The number of benzene rings is 3. The summed E-state index contributed by atoms with van der Waals surface area (Å²) in [4.78, 5) is 14.0. The molecule has 0 unspecified atom stereocenters. The van der Waals surface area contributed by atoms with Gasteiger partial charge in [0, 0.05) is 51.5 Å². The van der Waals surface area contributed by atoms with Crippen LogP contribution in [0.25, 0.3) is 55.7 Å². The summed E-state index contributed by atoms with van der Waals surface area (Å²) < 4.78 is 0. The first-order chi connectivity index (χ1) is 20.3. The van der Waals surface area contributed by atoms with Crippen molar-refractivity contribution in [1.29, 1.82) is 0 Å². The average molecular weight is 542 g/mol. The molecule has 0 amide bonds. The molecule has 8 rings (SSSR count). The van der Waals surface area contributed by atoms with Crippen molar-refractivity contribution in [1.82, 2.24) is 15.0 Å². The first-order valence-electron chi connectivity index (χ1n) is 14.6. The van der Waals surface area contributed by atoms with Crippen LogP contribution < -0.4 is 0 Å². The lowest BCUT2D eigenvalue weighted by Crippen LogP contribution is -2.19. The van der Waals surface area contributed by atoms with Gasteiger partial charge in [0.15, 0.2) is 0 Å². The quantitative estimate of drug-likeness (QED) is 0.224. The lowest BCUT2D eigenvalue weighted by molar-refractivity contribution is 0.694. The van der Waals surface area contributed by atoms with Gasteiger partial charge in [-0.25, -0.2) is 0 Å². The van der Waals surface area contributed by atoms with Gasteiger partial charge in [-0.2, -0.15) is 0 Å². The van der Waals surface area contributed by atoms with Crippen molar-refractivity contribution in [2.45, 2.75) is 38.5 Å². The van der Waals surface area contributed by atoms with Crippen molar-refractivity contribution in [3.05, 3.63) is 138 Å². The molecule has 0 N–H and O–H groups in total. The second-order valence-electron chi connectivity index (χ2n) is 12.6. The van der Waals surface area contributed by atoms with E-state index < -0.39 is 0 Å². The summed E-state index contributed by atoms with van der Waals surface area (Å²) in [6, 6.07) is 34.7. The van der Waals surface area contributed by atoms with Gasteiger partial charge in [-0.1, -0.05) is 76.2 Å².